The summed E-state index contributed by atoms with van der Waals surface area (Å²) in [5, 5.41) is 11.3. The summed E-state index contributed by atoms with van der Waals surface area (Å²) in [7, 11) is 0. The molecule has 0 aliphatic heterocycles. The zero-order valence-corrected chi connectivity index (χ0v) is 17.3. The standard InChI is InChI=1S/C20H21FN6O2S/c1-13-3-9-17(10-4-13)30-12-19(28)23-24-20(29)18(27-14(2)22-25-26-27)11-15-5-7-16(21)8-6-15/h3-10,18H,11-12H2,1-2H3,(H,23,28)(H,24,29). The summed E-state index contributed by atoms with van der Waals surface area (Å²) in [6.45, 7) is 3.66. The minimum atomic E-state index is -0.810. The molecule has 1 aromatic heterocycles. The Bertz CT molecular complexity index is 1010. The van der Waals surface area contributed by atoms with E-state index >= 15 is 0 Å². The van der Waals surface area contributed by atoms with Crippen LogP contribution in [0.25, 0.3) is 0 Å². The number of amides is 2. The van der Waals surface area contributed by atoms with Crippen LogP contribution in [0.4, 0.5) is 4.39 Å². The summed E-state index contributed by atoms with van der Waals surface area (Å²) in [5.74, 6) is -0.600. The smallest absolute Gasteiger partial charge is 0.263 e. The Morgan fingerprint density at radius 2 is 1.77 bits per heavy atom. The molecule has 0 fully saturated rings. The van der Waals surface area contributed by atoms with Gasteiger partial charge >= 0.3 is 0 Å². The average molecular weight is 428 g/mol. The molecule has 156 valence electrons. The summed E-state index contributed by atoms with van der Waals surface area (Å²) in [5.41, 5.74) is 6.72. The molecule has 1 atom stereocenters. The molecule has 0 spiro atoms. The van der Waals surface area contributed by atoms with Crippen molar-refractivity contribution in [2.45, 2.75) is 31.2 Å². The summed E-state index contributed by atoms with van der Waals surface area (Å²) < 4.78 is 14.5. The van der Waals surface area contributed by atoms with Gasteiger partial charge in [-0.3, -0.25) is 20.4 Å². The van der Waals surface area contributed by atoms with Crippen LogP contribution < -0.4 is 10.9 Å². The highest BCUT2D eigenvalue weighted by Gasteiger charge is 2.24. The Morgan fingerprint density at radius 3 is 2.40 bits per heavy atom. The van der Waals surface area contributed by atoms with Crippen molar-refractivity contribution in [2.24, 2.45) is 0 Å². The summed E-state index contributed by atoms with van der Waals surface area (Å²) in [6.07, 6.45) is 0.228. The fraction of sp³-hybridized carbons (Fsp3) is 0.250. The van der Waals surface area contributed by atoms with Crippen LogP contribution in [-0.2, 0) is 16.0 Å². The van der Waals surface area contributed by atoms with E-state index in [-0.39, 0.29) is 23.9 Å². The first kappa shape index (κ1) is 21.4. The lowest BCUT2D eigenvalue weighted by molar-refractivity contribution is -0.130. The van der Waals surface area contributed by atoms with Gasteiger partial charge in [0.15, 0.2) is 0 Å². The van der Waals surface area contributed by atoms with E-state index in [1.54, 1.807) is 19.1 Å². The minimum Gasteiger partial charge on any atom is -0.272 e. The highest BCUT2D eigenvalue weighted by molar-refractivity contribution is 8.00. The number of aromatic nitrogens is 4. The third-order valence-electron chi connectivity index (χ3n) is 4.31. The molecule has 2 N–H and O–H groups in total. The Kier molecular flexibility index (Phi) is 7.12. The Balaban J connectivity index is 1.60. The van der Waals surface area contributed by atoms with Gasteiger partial charge < -0.3 is 0 Å². The topological polar surface area (TPSA) is 102 Å². The Labute approximate surface area is 177 Å². The van der Waals surface area contributed by atoms with Gasteiger partial charge in [-0.05, 0) is 54.1 Å². The first-order valence-corrected chi connectivity index (χ1v) is 10.2. The third-order valence-corrected chi connectivity index (χ3v) is 5.33. The number of nitrogens with zero attached hydrogens (tertiary/aromatic N) is 4. The van der Waals surface area contributed by atoms with Crippen molar-refractivity contribution >= 4 is 23.6 Å². The molecule has 2 aromatic carbocycles. The molecule has 0 aliphatic rings. The van der Waals surface area contributed by atoms with Gasteiger partial charge in [0.2, 0.25) is 5.91 Å². The lowest BCUT2D eigenvalue weighted by Crippen LogP contribution is -2.46. The third kappa shape index (κ3) is 5.86. The SMILES string of the molecule is Cc1ccc(SCC(=O)NNC(=O)C(Cc2ccc(F)cc2)n2nnnc2C)cc1. The van der Waals surface area contributed by atoms with E-state index in [0.29, 0.717) is 5.82 Å². The fourth-order valence-electron chi connectivity index (χ4n) is 2.69. The normalized spacial score (nSPS) is 11.7. The number of aryl methyl sites for hydroxylation is 2. The van der Waals surface area contributed by atoms with E-state index < -0.39 is 11.9 Å². The minimum absolute atomic E-state index is 0.149. The summed E-state index contributed by atoms with van der Waals surface area (Å²) in [4.78, 5) is 25.8. The molecule has 30 heavy (non-hydrogen) atoms. The van der Waals surface area contributed by atoms with Gasteiger partial charge in [-0.25, -0.2) is 9.07 Å². The first-order chi connectivity index (χ1) is 14.4. The maximum atomic E-state index is 13.2. The van der Waals surface area contributed by atoms with Crippen LogP contribution in [0.1, 0.15) is 23.0 Å². The van der Waals surface area contributed by atoms with Crippen LogP contribution in [0, 0.1) is 19.7 Å². The predicted molar refractivity (Wildman–Crippen MR) is 110 cm³/mol. The Hall–Kier alpha value is -3.27. The van der Waals surface area contributed by atoms with Crippen LogP contribution in [0.3, 0.4) is 0 Å². The number of carbonyl (C=O) groups is 2. The molecular formula is C20H21FN6O2S. The molecule has 0 saturated carbocycles. The molecule has 3 rings (SSSR count). The fourth-order valence-corrected chi connectivity index (χ4v) is 3.39. The molecule has 1 unspecified atom stereocenters. The molecule has 8 nitrogen and oxygen atoms in total. The van der Waals surface area contributed by atoms with Gasteiger partial charge in [0.05, 0.1) is 5.75 Å². The molecule has 3 aromatic rings. The van der Waals surface area contributed by atoms with Crippen LogP contribution >= 0.6 is 11.8 Å². The zero-order chi connectivity index (χ0) is 21.5. The molecule has 0 radical (unpaired) electrons. The first-order valence-electron chi connectivity index (χ1n) is 9.19. The largest absolute Gasteiger partial charge is 0.272 e. The number of hydrazine groups is 1. The van der Waals surface area contributed by atoms with Gasteiger partial charge in [0.1, 0.15) is 17.7 Å². The van der Waals surface area contributed by atoms with E-state index in [2.05, 4.69) is 26.4 Å². The van der Waals surface area contributed by atoms with E-state index in [9.17, 15) is 14.0 Å². The highest BCUT2D eigenvalue weighted by atomic mass is 32.2. The van der Waals surface area contributed by atoms with Gasteiger partial charge in [-0.2, -0.15) is 0 Å². The van der Waals surface area contributed by atoms with Gasteiger partial charge in [0.25, 0.3) is 5.91 Å². The van der Waals surface area contributed by atoms with Gasteiger partial charge in [-0.15, -0.1) is 16.9 Å². The molecule has 10 heteroatoms. The van der Waals surface area contributed by atoms with Crippen LogP contribution in [-0.4, -0.2) is 37.8 Å². The number of carbonyl (C=O) groups excluding carboxylic acids is 2. The zero-order valence-electron chi connectivity index (χ0n) is 16.5. The number of hydrogen-bond acceptors (Lipinski definition) is 6. The molecule has 0 bridgehead atoms. The van der Waals surface area contributed by atoms with Crippen molar-refractivity contribution in [2.75, 3.05) is 5.75 Å². The monoisotopic (exact) mass is 428 g/mol. The maximum Gasteiger partial charge on any atom is 0.263 e. The second kappa shape index (κ2) is 9.97. The van der Waals surface area contributed by atoms with E-state index in [1.807, 2.05) is 31.2 Å². The van der Waals surface area contributed by atoms with Crippen molar-refractivity contribution in [3.05, 3.63) is 71.3 Å². The molecule has 0 aliphatic carbocycles. The maximum absolute atomic E-state index is 13.2. The van der Waals surface area contributed by atoms with Crippen LogP contribution in [0.5, 0.6) is 0 Å². The second-order valence-electron chi connectivity index (χ2n) is 6.66. The number of halogens is 1. The highest BCUT2D eigenvalue weighted by Crippen LogP contribution is 2.18. The second-order valence-corrected chi connectivity index (χ2v) is 7.70. The number of nitrogens with one attached hydrogen (secondary N) is 2. The number of benzene rings is 2. The number of hydrogen-bond donors (Lipinski definition) is 2. The van der Waals surface area contributed by atoms with E-state index in [1.165, 1.54) is 28.6 Å². The lowest BCUT2D eigenvalue weighted by atomic mass is 10.1. The van der Waals surface area contributed by atoms with Crippen molar-refractivity contribution < 1.29 is 14.0 Å². The molecular weight excluding hydrogens is 407 g/mol. The van der Waals surface area contributed by atoms with Crippen LogP contribution in [0.2, 0.25) is 0 Å². The number of tetrazole rings is 1. The molecule has 2 amide bonds. The Morgan fingerprint density at radius 1 is 1.07 bits per heavy atom. The quantitative estimate of drug-likeness (QED) is 0.442. The van der Waals surface area contributed by atoms with E-state index in [4.69, 9.17) is 0 Å². The summed E-state index contributed by atoms with van der Waals surface area (Å²) in [6, 6.07) is 12.8. The molecule has 1 heterocycles. The van der Waals surface area contributed by atoms with E-state index in [0.717, 1.165) is 16.0 Å². The molecule has 0 saturated heterocycles. The van der Waals surface area contributed by atoms with Crippen molar-refractivity contribution in [3.8, 4) is 0 Å². The summed E-state index contributed by atoms with van der Waals surface area (Å²) >= 11 is 1.37. The van der Waals surface area contributed by atoms with Crippen molar-refractivity contribution in [1.29, 1.82) is 0 Å². The van der Waals surface area contributed by atoms with Gasteiger partial charge in [-0.1, -0.05) is 29.8 Å². The van der Waals surface area contributed by atoms with Crippen molar-refractivity contribution in [3.63, 3.8) is 0 Å². The lowest BCUT2D eigenvalue weighted by Gasteiger charge is -2.18. The number of rotatable bonds is 7. The van der Waals surface area contributed by atoms with Gasteiger partial charge in [0, 0.05) is 11.3 Å². The van der Waals surface area contributed by atoms with Crippen LogP contribution in [0.15, 0.2) is 53.4 Å². The number of thioether (sulfide) groups is 1. The predicted octanol–water partition coefficient (Wildman–Crippen LogP) is 2.15. The average Bonchev–Trinajstić information content (AvgIpc) is 3.16. The van der Waals surface area contributed by atoms with Crippen molar-refractivity contribution in [1.82, 2.24) is 31.1 Å².